The molecule has 0 aliphatic rings. The van der Waals surface area contributed by atoms with E-state index in [0.717, 1.165) is 22.3 Å². The minimum absolute atomic E-state index is 0.145. The highest BCUT2D eigenvalue weighted by Crippen LogP contribution is 2.38. The van der Waals surface area contributed by atoms with Crippen LogP contribution < -0.4 is 10.6 Å². The van der Waals surface area contributed by atoms with E-state index < -0.39 is 0 Å². The van der Waals surface area contributed by atoms with Crippen LogP contribution in [-0.2, 0) is 9.59 Å². The lowest BCUT2D eigenvalue weighted by Crippen LogP contribution is -2.10. The number of carbonyl (C=O) groups is 2. The highest BCUT2D eigenvalue weighted by atomic mass is 16.2. The smallest absolute Gasteiger partial charge is 0.221 e. The lowest BCUT2D eigenvalue weighted by atomic mass is 9.96. The molecule has 0 fully saturated rings. The number of rotatable bonds is 4. The van der Waals surface area contributed by atoms with Gasteiger partial charge >= 0.3 is 0 Å². The molecule has 0 atom stereocenters. The van der Waals surface area contributed by atoms with Gasteiger partial charge in [0.1, 0.15) is 0 Å². The molecule has 0 aliphatic carbocycles. The Bertz CT molecular complexity index is 856. The van der Waals surface area contributed by atoms with Crippen LogP contribution in [0.3, 0.4) is 0 Å². The van der Waals surface area contributed by atoms with Crippen molar-refractivity contribution in [3.05, 3.63) is 72.8 Å². The van der Waals surface area contributed by atoms with Crippen molar-refractivity contribution in [3.8, 4) is 22.3 Å². The zero-order valence-corrected chi connectivity index (χ0v) is 14.7. The summed E-state index contributed by atoms with van der Waals surface area (Å²) < 4.78 is 0. The van der Waals surface area contributed by atoms with Crippen molar-refractivity contribution in [2.75, 3.05) is 10.6 Å². The Labute approximate surface area is 152 Å². The molecule has 3 aromatic carbocycles. The van der Waals surface area contributed by atoms with Crippen LogP contribution in [0.5, 0.6) is 0 Å². The van der Waals surface area contributed by atoms with Crippen LogP contribution in [0.25, 0.3) is 22.3 Å². The SMILES string of the molecule is CC(=O)Nc1cc(-c2ccccc2)c(NC(C)=O)cc1-c1ccccc1. The maximum absolute atomic E-state index is 11.7. The molecule has 0 aromatic heterocycles. The summed E-state index contributed by atoms with van der Waals surface area (Å²) in [5.74, 6) is -0.290. The van der Waals surface area contributed by atoms with Crippen molar-refractivity contribution < 1.29 is 9.59 Å². The molecule has 0 saturated heterocycles. The molecule has 0 bridgehead atoms. The van der Waals surface area contributed by atoms with E-state index in [9.17, 15) is 9.59 Å². The number of carbonyl (C=O) groups excluding carboxylic acids is 2. The monoisotopic (exact) mass is 344 g/mol. The van der Waals surface area contributed by atoms with Crippen LogP contribution in [0, 0.1) is 0 Å². The largest absolute Gasteiger partial charge is 0.326 e. The molecular weight excluding hydrogens is 324 g/mol. The summed E-state index contributed by atoms with van der Waals surface area (Å²) in [5.41, 5.74) is 5.03. The van der Waals surface area contributed by atoms with Gasteiger partial charge in [0.25, 0.3) is 0 Å². The zero-order chi connectivity index (χ0) is 18.5. The predicted octanol–water partition coefficient (Wildman–Crippen LogP) is 4.94. The summed E-state index contributed by atoms with van der Waals surface area (Å²) in [4.78, 5) is 23.5. The summed E-state index contributed by atoms with van der Waals surface area (Å²) in [6, 6.07) is 23.3. The Morgan fingerprint density at radius 1 is 0.615 bits per heavy atom. The van der Waals surface area contributed by atoms with Gasteiger partial charge < -0.3 is 10.6 Å². The van der Waals surface area contributed by atoms with Crippen LogP contribution >= 0.6 is 0 Å². The topological polar surface area (TPSA) is 58.2 Å². The lowest BCUT2D eigenvalue weighted by molar-refractivity contribution is -0.115. The summed E-state index contributed by atoms with van der Waals surface area (Å²) in [6.07, 6.45) is 0. The first-order valence-corrected chi connectivity index (χ1v) is 8.38. The van der Waals surface area contributed by atoms with Gasteiger partial charge in [0, 0.05) is 36.3 Å². The Morgan fingerprint density at radius 2 is 0.962 bits per heavy atom. The number of anilines is 2. The maximum atomic E-state index is 11.7. The van der Waals surface area contributed by atoms with Crippen LogP contribution in [0.4, 0.5) is 11.4 Å². The van der Waals surface area contributed by atoms with E-state index in [1.54, 1.807) is 0 Å². The Hall–Kier alpha value is -3.40. The third-order valence-electron chi connectivity index (χ3n) is 3.95. The molecule has 0 heterocycles. The van der Waals surface area contributed by atoms with Crippen LogP contribution in [0.15, 0.2) is 72.8 Å². The molecule has 0 spiro atoms. The van der Waals surface area contributed by atoms with Crippen molar-refractivity contribution in [2.24, 2.45) is 0 Å². The van der Waals surface area contributed by atoms with Crippen molar-refractivity contribution in [1.29, 1.82) is 0 Å². The van der Waals surface area contributed by atoms with Crippen LogP contribution in [-0.4, -0.2) is 11.8 Å². The van der Waals surface area contributed by atoms with E-state index in [1.165, 1.54) is 13.8 Å². The fourth-order valence-electron chi connectivity index (χ4n) is 2.90. The van der Waals surface area contributed by atoms with Crippen molar-refractivity contribution in [2.45, 2.75) is 13.8 Å². The molecule has 4 heteroatoms. The lowest BCUT2D eigenvalue weighted by Gasteiger charge is -2.17. The molecule has 130 valence electrons. The number of hydrogen-bond acceptors (Lipinski definition) is 2. The quantitative estimate of drug-likeness (QED) is 0.704. The van der Waals surface area contributed by atoms with E-state index >= 15 is 0 Å². The van der Waals surface area contributed by atoms with Gasteiger partial charge in [-0.3, -0.25) is 9.59 Å². The van der Waals surface area contributed by atoms with Crippen LogP contribution in [0.2, 0.25) is 0 Å². The summed E-state index contributed by atoms with van der Waals surface area (Å²) >= 11 is 0. The predicted molar refractivity (Wildman–Crippen MR) is 106 cm³/mol. The fourth-order valence-corrected chi connectivity index (χ4v) is 2.90. The third-order valence-corrected chi connectivity index (χ3v) is 3.95. The van der Waals surface area contributed by atoms with Gasteiger partial charge in [0.2, 0.25) is 11.8 Å². The average Bonchev–Trinajstić information content (AvgIpc) is 2.63. The minimum atomic E-state index is -0.145. The Kier molecular flexibility index (Phi) is 5.13. The molecule has 0 aliphatic heterocycles. The van der Waals surface area contributed by atoms with Crippen molar-refractivity contribution in [1.82, 2.24) is 0 Å². The molecule has 2 amide bonds. The number of nitrogens with one attached hydrogen (secondary N) is 2. The Morgan fingerprint density at radius 3 is 1.27 bits per heavy atom. The molecule has 2 N–H and O–H groups in total. The van der Waals surface area contributed by atoms with E-state index in [0.29, 0.717) is 11.4 Å². The normalized spacial score (nSPS) is 10.2. The molecule has 0 radical (unpaired) electrons. The highest BCUT2D eigenvalue weighted by Gasteiger charge is 2.14. The number of hydrogen-bond donors (Lipinski definition) is 2. The minimum Gasteiger partial charge on any atom is -0.326 e. The van der Waals surface area contributed by atoms with Gasteiger partial charge in [0.15, 0.2) is 0 Å². The average molecular weight is 344 g/mol. The van der Waals surface area contributed by atoms with Gasteiger partial charge in [0.05, 0.1) is 0 Å². The molecule has 3 rings (SSSR count). The third kappa shape index (κ3) is 3.98. The fraction of sp³-hybridized carbons (Fsp3) is 0.0909. The van der Waals surface area contributed by atoms with Crippen molar-refractivity contribution >= 4 is 23.2 Å². The van der Waals surface area contributed by atoms with Gasteiger partial charge in [-0.05, 0) is 23.3 Å². The number of benzene rings is 3. The molecular formula is C22H20N2O2. The van der Waals surface area contributed by atoms with Gasteiger partial charge in [-0.25, -0.2) is 0 Å². The summed E-state index contributed by atoms with van der Waals surface area (Å²) in [5, 5.41) is 5.82. The highest BCUT2D eigenvalue weighted by molar-refractivity contribution is 6.01. The van der Waals surface area contributed by atoms with Gasteiger partial charge in [-0.2, -0.15) is 0 Å². The standard InChI is InChI=1S/C22H20N2O2/c1-15(25)23-21-13-20(18-11-7-4-8-12-18)22(24-16(2)26)14-19(21)17-9-5-3-6-10-17/h3-14H,1-2H3,(H,23,25)(H,24,26). The van der Waals surface area contributed by atoms with E-state index in [1.807, 2.05) is 72.8 Å². The summed E-state index contributed by atoms with van der Waals surface area (Å²) in [6.45, 7) is 2.97. The van der Waals surface area contributed by atoms with Gasteiger partial charge in [-0.1, -0.05) is 60.7 Å². The second-order valence-corrected chi connectivity index (χ2v) is 6.04. The first-order valence-electron chi connectivity index (χ1n) is 8.38. The number of amides is 2. The molecule has 3 aromatic rings. The summed E-state index contributed by atoms with van der Waals surface area (Å²) in [7, 11) is 0. The molecule has 26 heavy (non-hydrogen) atoms. The first kappa shape index (κ1) is 17.4. The zero-order valence-electron chi connectivity index (χ0n) is 14.7. The van der Waals surface area contributed by atoms with Crippen molar-refractivity contribution in [3.63, 3.8) is 0 Å². The second kappa shape index (κ2) is 7.66. The first-order chi connectivity index (χ1) is 12.5. The van der Waals surface area contributed by atoms with Gasteiger partial charge in [-0.15, -0.1) is 0 Å². The second-order valence-electron chi connectivity index (χ2n) is 6.04. The van der Waals surface area contributed by atoms with E-state index in [2.05, 4.69) is 10.6 Å². The maximum Gasteiger partial charge on any atom is 0.221 e. The Balaban J connectivity index is 2.24. The van der Waals surface area contributed by atoms with Crippen LogP contribution in [0.1, 0.15) is 13.8 Å². The molecule has 4 nitrogen and oxygen atoms in total. The van der Waals surface area contributed by atoms with E-state index in [4.69, 9.17) is 0 Å². The molecule has 0 saturated carbocycles. The van der Waals surface area contributed by atoms with E-state index in [-0.39, 0.29) is 11.8 Å². The molecule has 0 unspecified atom stereocenters.